The molecule has 0 bridgehead atoms. The fourth-order valence-electron chi connectivity index (χ4n) is 2.36. The third-order valence-corrected chi connectivity index (χ3v) is 4.34. The smallest absolute Gasteiger partial charge is 0.366 e. The van der Waals surface area contributed by atoms with Crippen LogP contribution in [0.3, 0.4) is 0 Å². The van der Waals surface area contributed by atoms with Gasteiger partial charge in [0.2, 0.25) is 5.91 Å². The summed E-state index contributed by atoms with van der Waals surface area (Å²) in [5.74, 6) is -4.08. The molecule has 1 amide bonds. The molecule has 1 saturated heterocycles. The average molecular weight is 447 g/mol. The van der Waals surface area contributed by atoms with Crippen LogP contribution in [0.15, 0.2) is 0 Å². The first-order chi connectivity index (χ1) is 10.7. The van der Waals surface area contributed by atoms with Gasteiger partial charge >= 0.3 is 5.97 Å². The van der Waals surface area contributed by atoms with Crippen LogP contribution in [0.2, 0.25) is 0 Å². The molecule has 23 heavy (non-hydrogen) atoms. The van der Waals surface area contributed by atoms with Gasteiger partial charge in [-0.2, -0.15) is 0 Å². The maximum Gasteiger partial charge on any atom is 0.366 e. The maximum atomic E-state index is 11.9. The van der Waals surface area contributed by atoms with Crippen molar-refractivity contribution in [1.29, 1.82) is 0 Å². The molecular weight excluding hydrogens is 425 g/mol. The highest BCUT2D eigenvalue weighted by molar-refractivity contribution is 14.1. The topological polar surface area (TPSA) is 146 Å². The van der Waals surface area contributed by atoms with Crippen molar-refractivity contribution < 1.29 is 39.5 Å². The van der Waals surface area contributed by atoms with Gasteiger partial charge in [-0.05, 0) is 6.92 Å². The van der Waals surface area contributed by atoms with Crippen molar-refractivity contribution >= 4 is 34.5 Å². The first-order valence-corrected chi connectivity index (χ1v) is 8.63. The first-order valence-electron chi connectivity index (χ1n) is 7.11. The molecule has 1 heterocycles. The number of hydrogen-bond acceptors (Lipinski definition) is 8. The Labute approximate surface area is 147 Å². The molecule has 0 radical (unpaired) electrons. The van der Waals surface area contributed by atoms with Crippen LogP contribution in [-0.4, -0.2) is 79.6 Å². The number of hydrogen-bond donors (Lipinski definition) is 5. The average Bonchev–Trinajstić information content (AvgIpc) is 2.48. The number of aliphatic hydroxyl groups excluding tert-OH is 3. The predicted molar refractivity (Wildman–Crippen MR) is 85.6 cm³/mol. The van der Waals surface area contributed by atoms with Crippen molar-refractivity contribution in [1.82, 2.24) is 5.32 Å². The number of ether oxygens (including phenoxy) is 2. The summed E-state index contributed by atoms with van der Waals surface area (Å²) in [6.45, 7) is 2.73. The van der Waals surface area contributed by atoms with Gasteiger partial charge in [0.05, 0.1) is 24.9 Å². The van der Waals surface area contributed by atoms with Gasteiger partial charge in [0.15, 0.2) is 0 Å². The Morgan fingerprint density at radius 1 is 1.48 bits per heavy atom. The van der Waals surface area contributed by atoms with Gasteiger partial charge in [-0.3, -0.25) is 4.79 Å². The Bertz CT molecular complexity index is 436. The lowest BCUT2D eigenvalue weighted by Crippen LogP contribution is -2.67. The van der Waals surface area contributed by atoms with Gasteiger partial charge in [-0.15, -0.1) is 0 Å². The minimum absolute atomic E-state index is 0.0146. The second kappa shape index (κ2) is 8.53. The molecule has 9 nitrogen and oxygen atoms in total. The van der Waals surface area contributed by atoms with E-state index in [0.717, 1.165) is 0 Å². The lowest BCUT2D eigenvalue weighted by molar-refractivity contribution is -0.295. The van der Waals surface area contributed by atoms with Crippen molar-refractivity contribution in [2.45, 2.75) is 56.5 Å². The Balaban J connectivity index is 3.08. The summed E-state index contributed by atoms with van der Waals surface area (Å²) in [7, 11) is 0. The molecule has 0 aliphatic carbocycles. The van der Waals surface area contributed by atoms with E-state index in [2.05, 4.69) is 5.32 Å². The number of carbonyl (C=O) groups excluding carboxylic acids is 2. The van der Waals surface area contributed by atoms with Crippen molar-refractivity contribution in [2.75, 3.05) is 11.0 Å². The highest BCUT2D eigenvalue weighted by Gasteiger charge is 2.54. The summed E-state index contributed by atoms with van der Waals surface area (Å²) >= 11 is 1.83. The number of halogens is 1. The normalized spacial score (nSPS) is 33.6. The molecule has 0 spiro atoms. The van der Waals surface area contributed by atoms with Gasteiger partial charge in [0.1, 0.15) is 12.2 Å². The van der Waals surface area contributed by atoms with Crippen molar-refractivity contribution in [2.24, 2.45) is 0 Å². The van der Waals surface area contributed by atoms with Gasteiger partial charge in [0, 0.05) is 17.8 Å². The van der Waals surface area contributed by atoms with Crippen LogP contribution in [0.25, 0.3) is 0 Å². The van der Waals surface area contributed by atoms with Crippen LogP contribution in [0.1, 0.15) is 20.3 Å². The van der Waals surface area contributed by atoms with E-state index in [1.54, 1.807) is 0 Å². The first kappa shape index (κ1) is 20.5. The number of rotatable bonds is 6. The van der Waals surface area contributed by atoms with Gasteiger partial charge in [0.25, 0.3) is 5.79 Å². The lowest BCUT2D eigenvalue weighted by Gasteiger charge is -2.45. The van der Waals surface area contributed by atoms with E-state index in [1.165, 1.54) is 13.8 Å². The van der Waals surface area contributed by atoms with Crippen molar-refractivity contribution in [3.63, 3.8) is 0 Å². The molecule has 1 aliphatic rings. The molecule has 0 aromatic rings. The molecule has 6 atom stereocenters. The van der Waals surface area contributed by atoms with Gasteiger partial charge in [-0.25, -0.2) is 4.79 Å². The van der Waals surface area contributed by atoms with Gasteiger partial charge in [-0.1, -0.05) is 22.6 Å². The number of carbonyl (C=O) groups is 2. The summed E-state index contributed by atoms with van der Waals surface area (Å²) in [6, 6.07) is -1.10. The fraction of sp³-hybridized carbons (Fsp3) is 0.846. The molecule has 0 saturated carbocycles. The van der Waals surface area contributed by atoms with E-state index >= 15 is 0 Å². The Morgan fingerprint density at radius 3 is 2.57 bits per heavy atom. The second-order valence-corrected chi connectivity index (χ2v) is 6.18. The summed E-state index contributed by atoms with van der Waals surface area (Å²) in [4.78, 5) is 23.1. The number of amides is 1. The monoisotopic (exact) mass is 447 g/mol. The molecule has 5 N–H and O–H groups in total. The minimum atomic E-state index is -2.47. The van der Waals surface area contributed by atoms with E-state index in [-0.39, 0.29) is 11.0 Å². The third-order valence-electron chi connectivity index (χ3n) is 3.44. The Morgan fingerprint density at radius 2 is 2.09 bits per heavy atom. The number of esters is 1. The van der Waals surface area contributed by atoms with Crippen molar-refractivity contribution in [3.8, 4) is 0 Å². The van der Waals surface area contributed by atoms with Crippen LogP contribution in [-0.2, 0) is 19.1 Å². The zero-order chi connectivity index (χ0) is 17.8. The summed E-state index contributed by atoms with van der Waals surface area (Å²) < 4.78 is 10.1. The van der Waals surface area contributed by atoms with E-state index in [9.17, 15) is 30.0 Å². The van der Waals surface area contributed by atoms with E-state index in [4.69, 9.17) is 9.47 Å². The van der Waals surface area contributed by atoms with E-state index in [0.29, 0.717) is 0 Å². The lowest BCUT2D eigenvalue weighted by atomic mass is 9.89. The van der Waals surface area contributed by atoms with E-state index < -0.39 is 54.5 Å². The summed E-state index contributed by atoms with van der Waals surface area (Å²) in [6.07, 6.45) is -6.11. The number of nitrogens with one attached hydrogen (secondary N) is 1. The molecule has 0 aromatic heterocycles. The van der Waals surface area contributed by atoms with Crippen molar-refractivity contribution in [3.05, 3.63) is 0 Å². The van der Waals surface area contributed by atoms with Crippen LogP contribution < -0.4 is 5.32 Å². The summed E-state index contributed by atoms with van der Waals surface area (Å²) in [5.41, 5.74) is 0. The molecule has 0 aromatic carbocycles. The molecule has 1 aliphatic heterocycles. The fourth-order valence-corrected chi connectivity index (χ4v) is 2.88. The molecule has 134 valence electrons. The predicted octanol–water partition coefficient (Wildman–Crippen LogP) is -1.95. The molecule has 1 rings (SSSR count). The molecule has 10 heteroatoms. The van der Waals surface area contributed by atoms with Crippen LogP contribution in [0.5, 0.6) is 0 Å². The maximum absolute atomic E-state index is 11.9. The zero-order valence-corrected chi connectivity index (χ0v) is 15.0. The third kappa shape index (κ3) is 4.97. The van der Waals surface area contributed by atoms with Crippen LogP contribution in [0.4, 0.5) is 0 Å². The van der Waals surface area contributed by atoms with Gasteiger partial charge < -0.3 is 35.2 Å². The zero-order valence-electron chi connectivity index (χ0n) is 12.8. The number of alkyl halides is 1. The highest BCUT2D eigenvalue weighted by Crippen LogP contribution is 2.31. The quantitative estimate of drug-likeness (QED) is 0.180. The largest absolute Gasteiger partial charge is 0.462 e. The highest BCUT2D eigenvalue weighted by atomic mass is 127. The second-order valence-electron chi connectivity index (χ2n) is 5.30. The standard InChI is InChI=1S/C13H22INO8/c1-3-22-12(20)13(21)4-7(17)9(15-6(2)16)11(23-13)10(19)8(18)5-14/h7-11,17-19,21H,3-5H2,1-2H3,(H,15,16)/t7-,8+,9+,10+,11?,13-/m0/s1. The SMILES string of the molecule is CCOC(=O)[C@]1(O)C[C@H](O)[C@@H](NC(C)=O)C([C@H](O)[C@H](O)CI)O1. The van der Waals surface area contributed by atoms with E-state index in [1.807, 2.05) is 22.6 Å². The molecule has 1 unspecified atom stereocenters. The Hall–Kier alpha value is -0.530. The Kier molecular flexibility index (Phi) is 7.61. The van der Waals surface area contributed by atoms with Crippen LogP contribution in [0, 0.1) is 0 Å². The van der Waals surface area contributed by atoms with Crippen LogP contribution >= 0.6 is 22.6 Å². The number of aliphatic hydroxyl groups is 4. The minimum Gasteiger partial charge on any atom is -0.462 e. The molecular formula is C13H22INO8. The molecule has 1 fully saturated rings. The summed E-state index contributed by atoms with van der Waals surface area (Å²) in [5, 5.41) is 42.9.